The quantitative estimate of drug-likeness (QED) is 0.937. The summed E-state index contributed by atoms with van der Waals surface area (Å²) in [7, 11) is 2.02. The maximum absolute atomic E-state index is 9.64. The summed E-state index contributed by atoms with van der Waals surface area (Å²) < 4.78 is 0. The van der Waals surface area contributed by atoms with Crippen molar-refractivity contribution in [3.63, 3.8) is 0 Å². The highest BCUT2D eigenvalue weighted by molar-refractivity contribution is 7.15. The summed E-state index contributed by atoms with van der Waals surface area (Å²) in [6, 6.07) is 0. The molecule has 0 fully saturated rings. The van der Waals surface area contributed by atoms with Gasteiger partial charge in [0.15, 0.2) is 5.13 Å². The van der Waals surface area contributed by atoms with Gasteiger partial charge in [0.05, 0.1) is 34.4 Å². The van der Waals surface area contributed by atoms with Crippen molar-refractivity contribution in [1.82, 2.24) is 9.97 Å². The highest BCUT2D eigenvalue weighted by Crippen LogP contribution is 2.31. The Balaban J connectivity index is 2.16. The number of anilines is 1. The van der Waals surface area contributed by atoms with E-state index in [4.69, 9.17) is 0 Å². The molecule has 18 heavy (non-hydrogen) atoms. The van der Waals surface area contributed by atoms with Crippen molar-refractivity contribution in [3.05, 3.63) is 26.7 Å². The molecule has 1 N–H and O–H groups in total. The van der Waals surface area contributed by atoms with Crippen molar-refractivity contribution in [2.75, 3.05) is 11.9 Å². The van der Waals surface area contributed by atoms with Gasteiger partial charge in [0.25, 0.3) is 0 Å². The van der Waals surface area contributed by atoms with Crippen molar-refractivity contribution < 1.29 is 5.11 Å². The SMILES string of the molecule is Cc1ncsc1CN(C)c1nc(C)c(C(C)O)s1. The molecule has 0 amide bonds. The first kappa shape index (κ1) is 13.5. The molecule has 0 aliphatic carbocycles. The number of thiazole rings is 2. The Labute approximate surface area is 115 Å². The predicted octanol–water partition coefficient (Wildman–Crippen LogP) is 2.91. The van der Waals surface area contributed by atoms with Gasteiger partial charge >= 0.3 is 0 Å². The van der Waals surface area contributed by atoms with Crippen molar-refractivity contribution in [1.29, 1.82) is 0 Å². The van der Waals surface area contributed by atoms with E-state index in [-0.39, 0.29) is 0 Å². The molecule has 0 aromatic carbocycles. The van der Waals surface area contributed by atoms with Crippen molar-refractivity contribution >= 4 is 27.8 Å². The van der Waals surface area contributed by atoms with Crippen LogP contribution < -0.4 is 4.90 Å². The average molecular weight is 283 g/mol. The Morgan fingerprint density at radius 1 is 1.39 bits per heavy atom. The van der Waals surface area contributed by atoms with Gasteiger partial charge in [-0.1, -0.05) is 11.3 Å². The van der Waals surface area contributed by atoms with E-state index in [9.17, 15) is 5.11 Å². The van der Waals surface area contributed by atoms with Crippen LogP contribution in [0.4, 0.5) is 5.13 Å². The van der Waals surface area contributed by atoms with Gasteiger partial charge in [0.2, 0.25) is 0 Å². The largest absolute Gasteiger partial charge is 0.388 e. The van der Waals surface area contributed by atoms with Crippen LogP contribution in [0.25, 0.3) is 0 Å². The number of hydrogen-bond donors (Lipinski definition) is 1. The van der Waals surface area contributed by atoms with E-state index in [0.717, 1.165) is 27.9 Å². The summed E-state index contributed by atoms with van der Waals surface area (Å²) in [6.45, 7) is 6.54. The zero-order valence-corrected chi connectivity index (χ0v) is 12.6. The molecule has 2 aromatic rings. The summed E-state index contributed by atoms with van der Waals surface area (Å²) in [6.07, 6.45) is -0.449. The molecule has 0 saturated carbocycles. The molecule has 2 aromatic heterocycles. The Bertz CT molecular complexity index is 533. The maximum atomic E-state index is 9.64. The molecule has 0 aliphatic heterocycles. The molecule has 0 aliphatic rings. The minimum absolute atomic E-state index is 0.449. The average Bonchev–Trinajstić information content (AvgIpc) is 2.86. The van der Waals surface area contributed by atoms with E-state index in [1.54, 1.807) is 29.6 Å². The zero-order chi connectivity index (χ0) is 13.3. The first-order valence-electron chi connectivity index (χ1n) is 5.74. The minimum atomic E-state index is -0.449. The van der Waals surface area contributed by atoms with Gasteiger partial charge in [0.1, 0.15) is 0 Å². The van der Waals surface area contributed by atoms with Crippen LogP contribution in [-0.4, -0.2) is 22.1 Å². The molecule has 1 unspecified atom stereocenters. The number of aliphatic hydroxyl groups is 1. The molecule has 6 heteroatoms. The monoisotopic (exact) mass is 283 g/mol. The van der Waals surface area contributed by atoms with Crippen LogP contribution in [0, 0.1) is 13.8 Å². The first-order valence-corrected chi connectivity index (χ1v) is 7.44. The van der Waals surface area contributed by atoms with E-state index < -0.39 is 6.10 Å². The number of nitrogens with zero attached hydrogens (tertiary/aromatic N) is 3. The van der Waals surface area contributed by atoms with Crippen LogP contribution >= 0.6 is 22.7 Å². The predicted molar refractivity (Wildman–Crippen MR) is 76.4 cm³/mol. The molecular weight excluding hydrogens is 266 g/mol. The molecule has 98 valence electrons. The van der Waals surface area contributed by atoms with Gasteiger partial charge < -0.3 is 10.0 Å². The Kier molecular flexibility index (Phi) is 3.99. The number of aromatic nitrogens is 2. The molecule has 4 nitrogen and oxygen atoms in total. The number of aryl methyl sites for hydroxylation is 2. The number of hydrogen-bond acceptors (Lipinski definition) is 6. The third-order valence-electron chi connectivity index (χ3n) is 2.75. The zero-order valence-electron chi connectivity index (χ0n) is 11.0. The van der Waals surface area contributed by atoms with Gasteiger partial charge in [-0.3, -0.25) is 0 Å². The summed E-state index contributed by atoms with van der Waals surface area (Å²) >= 11 is 3.22. The maximum Gasteiger partial charge on any atom is 0.185 e. The fourth-order valence-corrected chi connectivity index (χ4v) is 3.50. The van der Waals surface area contributed by atoms with Gasteiger partial charge in [0, 0.05) is 11.9 Å². The standard InChI is InChI=1S/C12H17N3OS2/c1-7-10(17-6-13-7)5-15(4)12-14-8(2)11(18-12)9(3)16/h6,9,16H,5H2,1-4H3. The normalized spacial score (nSPS) is 12.7. The third kappa shape index (κ3) is 2.71. The highest BCUT2D eigenvalue weighted by atomic mass is 32.1. The molecule has 2 rings (SSSR count). The van der Waals surface area contributed by atoms with Crippen LogP contribution in [-0.2, 0) is 6.54 Å². The van der Waals surface area contributed by atoms with Gasteiger partial charge in [-0.15, -0.1) is 11.3 Å². The Morgan fingerprint density at radius 3 is 2.61 bits per heavy atom. The summed E-state index contributed by atoms with van der Waals surface area (Å²) in [5.41, 5.74) is 3.86. The second-order valence-electron chi connectivity index (χ2n) is 4.34. The molecule has 2 heterocycles. The summed E-state index contributed by atoms with van der Waals surface area (Å²) in [5.74, 6) is 0. The van der Waals surface area contributed by atoms with Crippen LogP contribution in [0.1, 0.15) is 34.2 Å². The van der Waals surface area contributed by atoms with Gasteiger partial charge in [-0.05, 0) is 20.8 Å². The molecule has 0 radical (unpaired) electrons. The molecule has 1 atom stereocenters. The van der Waals surface area contributed by atoms with Crippen molar-refractivity contribution in [3.8, 4) is 0 Å². The lowest BCUT2D eigenvalue weighted by Crippen LogP contribution is -2.15. The molecule has 0 bridgehead atoms. The number of aliphatic hydroxyl groups excluding tert-OH is 1. The third-order valence-corrected chi connectivity index (χ3v) is 5.11. The van der Waals surface area contributed by atoms with Crippen molar-refractivity contribution in [2.24, 2.45) is 0 Å². The van der Waals surface area contributed by atoms with Gasteiger partial charge in [-0.2, -0.15) is 0 Å². The fraction of sp³-hybridized carbons (Fsp3) is 0.500. The molecule has 0 spiro atoms. The van der Waals surface area contributed by atoms with E-state index in [2.05, 4.69) is 14.9 Å². The van der Waals surface area contributed by atoms with Crippen LogP contribution in [0.5, 0.6) is 0 Å². The van der Waals surface area contributed by atoms with Gasteiger partial charge in [-0.25, -0.2) is 9.97 Å². The second kappa shape index (κ2) is 5.34. The van der Waals surface area contributed by atoms with E-state index >= 15 is 0 Å². The Morgan fingerprint density at radius 2 is 2.11 bits per heavy atom. The van der Waals surface area contributed by atoms with Crippen LogP contribution in [0.3, 0.4) is 0 Å². The fourth-order valence-electron chi connectivity index (χ4n) is 1.71. The lowest BCUT2D eigenvalue weighted by Gasteiger charge is -2.14. The first-order chi connectivity index (χ1) is 8.49. The summed E-state index contributed by atoms with van der Waals surface area (Å²) in [4.78, 5) is 13.1. The topological polar surface area (TPSA) is 49.2 Å². The smallest absolute Gasteiger partial charge is 0.185 e. The molecular formula is C12H17N3OS2. The minimum Gasteiger partial charge on any atom is -0.388 e. The van der Waals surface area contributed by atoms with Crippen LogP contribution in [0.2, 0.25) is 0 Å². The Hall–Kier alpha value is -0.980. The lowest BCUT2D eigenvalue weighted by atomic mass is 10.3. The highest BCUT2D eigenvalue weighted by Gasteiger charge is 2.15. The second-order valence-corrected chi connectivity index (χ2v) is 6.29. The van der Waals surface area contributed by atoms with E-state index in [1.165, 1.54) is 4.88 Å². The van der Waals surface area contributed by atoms with E-state index in [1.807, 2.05) is 26.4 Å². The molecule has 0 saturated heterocycles. The summed E-state index contributed by atoms with van der Waals surface area (Å²) in [5, 5.41) is 10.6. The van der Waals surface area contributed by atoms with E-state index in [0.29, 0.717) is 0 Å². The van der Waals surface area contributed by atoms with Crippen molar-refractivity contribution in [2.45, 2.75) is 33.4 Å². The lowest BCUT2D eigenvalue weighted by molar-refractivity contribution is 0.202. The number of rotatable bonds is 4. The van der Waals surface area contributed by atoms with Crippen LogP contribution in [0.15, 0.2) is 5.51 Å².